The molecule has 0 saturated heterocycles. The minimum Gasteiger partial charge on any atom is -0.344 e. The molecule has 0 spiro atoms. The van der Waals surface area contributed by atoms with E-state index in [1.54, 1.807) is 0 Å². The molecule has 1 unspecified atom stereocenters. The monoisotopic (exact) mass is 823 g/mol. The first-order valence-electron chi connectivity index (χ1n) is 21.4. The lowest BCUT2D eigenvalue weighted by atomic mass is 10.0. The lowest BCUT2D eigenvalue weighted by Crippen LogP contribution is -2.33. The van der Waals surface area contributed by atoms with Gasteiger partial charge in [0, 0.05) is 64.1 Å². The van der Waals surface area contributed by atoms with Crippen molar-refractivity contribution in [2.24, 2.45) is 9.98 Å². The van der Waals surface area contributed by atoms with Crippen LogP contribution in [0.4, 0.5) is 0 Å². The van der Waals surface area contributed by atoms with Crippen LogP contribution >= 0.6 is 11.3 Å². The van der Waals surface area contributed by atoms with E-state index in [0.717, 1.165) is 44.9 Å². The molecule has 3 aromatic heterocycles. The second-order valence-electron chi connectivity index (χ2n) is 16.2. The predicted molar refractivity (Wildman–Crippen MR) is 265 cm³/mol. The van der Waals surface area contributed by atoms with E-state index >= 15 is 0 Å². The van der Waals surface area contributed by atoms with Gasteiger partial charge in [-0.2, -0.15) is 0 Å². The van der Waals surface area contributed by atoms with Crippen LogP contribution < -0.4 is 5.32 Å². The van der Waals surface area contributed by atoms with Crippen LogP contribution in [0.5, 0.6) is 0 Å². The molecule has 6 heteroatoms. The van der Waals surface area contributed by atoms with Crippen LogP contribution in [-0.2, 0) is 0 Å². The fraction of sp³-hybridized carbons (Fsp3) is 0.0175. The van der Waals surface area contributed by atoms with E-state index in [-0.39, 0.29) is 6.17 Å². The molecular weight excluding hydrogens is 787 g/mol. The first-order chi connectivity index (χ1) is 31.2. The summed E-state index contributed by atoms with van der Waals surface area (Å²) in [7, 11) is 0. The molecule has 63 heavy (non-hydrogen) atoms. The van der Waals surface area contributed by atoms with Crippen molar-refractivity contribution in [1.29, 1.82) is 0 Å². The van der Waals surface area contributed by atoms with Crippen LogP contribution in [0, 0.1) is 0 Å². The number of hydrogen-bond acceptors (Lipinski definition) is 4. The van der Waals surface area contributed by atoms with Crippen molar-refractivity contribution in [2.45, 2.75) is 6.17 Å². The zero-order valence-corrected chi connectivity index (χ0v) is 34.8. The molecule has 1 N–H and O–H groups in total. The van der Waals surface area contributed by atoms with Crippen LogP contribution in [0.25, 0.3) is 86.3 Å². The molecule has 296 valence electrons. The normalized spacial score (nSPS) is 14.2. The summed E-state index contributed by atoms with van der Waals surface area (Å²) >= 11 is 1.83. The first-order valence-corrected chi connectivity index (χ1v) is 22.2. The highest BCUT2D eigenvalue weighted by atomic mass is 32.1. The third-order valence-electron chi connectivity index (χ3n) is 12.6. The molecular formula is C57H37N5S. The Morgan fingerprint density at radius 3 is 1.83 bits per heavy atom. The first kappa shape index (κ1) is 35.7. The van der Waals surface area contributed by atoms with E-state index in [1.165, 1.54) is 63.9 Å². The molecule has 0 radical (unpaired) electrons. The van der Waals surface area contributed by atoms with Gasteiger partial charge >= 0.3 is 0 Å². The average molecular weight is 824 g/mol. The van der Waals surface area contributed by atoms with Crippen LogP contribution in [0.1, 0.15) is 22.9 Å². The smallest absolute Gasteiger partial charge is 0.161 e. The number of rotatable bonds is 6. The Morgan fingerprint density at radius 1 is 0.429 bits per heavy atom. The van der Waals surface area contributed by atoms with E-state index in [0.29, 0.717) is 5.84 Å². The van der Waals surface area contributed by atoms with Gasteiger partial charge in [0.1, 0.15) is 12.0 Å². The Balaban J connectivity index is 1.04. The fourth-order valence-corrected chi connectivity index (χ4v) is 10.9. The summed E-state index contributed by atoms with van der Waals surface area (Å²) in [4.78, 5) is 10.9. The van der Waals surface area contributed by atoms with Gasteiger partial charge in [-0.05, 0) is 65.7 Å². The van der Waals surface area contributed by atoms with Crippen molar-refractivity contribution in [2.75, 3.05) is 0 Å². The summed E-state index contributed by atoms with van der Waals surface area (Å²) in [6.07, 6.45) is -0.372. The maximum atomic E-state index is 5.53. The highest BCUT2D eigenvalue weighted by Gasteiger charge is 2.26. The molecule has 5 nitrogen and oxygen atoms in total. The minimum atomic E-state index is -0.372. The number of nitrogens with zero attached hydrogens (tertiary/aromatic N) is 4. The molecule has 0 fully saturated rings. The number of thiophene rings is 1. The maximum absolute atomic E-state index is 5.53. The lowest BCUT2D eigenvalue weighted by Gasteiger charge is -2.25. The highest BCUT2D eigenvalue weighted by molar-refractivity contribution is 7.25. The zero-order chi connectivity index (χ0) is 41.4. The van der Waals surface area contributed by atoms with Gasteiger partial charge in [0.25, 0.3) is 0 Å². The quantitative estimate of drug-likeness (QED) is 0.178. The molecule has 0 aliphatic carbocycles. The second kappa shape index (κ2) is 14.3. The molecule has 0 saturated carbocycles. The van der Waals surface area contributed by atoms with E-state index < -0.39 is 0 Å². The van der Waals surface area contributed by atoms with Crippen molar-refractivity contribution >= 4 is 86.8 Å². The van der Waals surface area contributed by atoms with Crippen molar-refractivity contribution in [3.63, 3.8) is 0 Å². The summed E-state index contributed by atoms with van der Waals surface area (Å²) in [5.41, 5.74) is 12.2. The van der Waals surface area contributed by atoms with Crippen LogP contribution in [0.2, 0.25) is 0 Å². The number of amidine groups is 2. The summed E-state index contributed by atoms with van der Waals surface area (Å²) in [6, 6.07) is 76.2. The van der Waals surface area contributed by atoms with Gasteiger partial charge in [0.05, 0.1) is 27.8 Å². The highest BCUT2D eigenvalue weighted by Crippen LogP contribution is 2.41. The lowest BCUT2D eigenvalue weighted by molar-refractivity contribution is 0.680. The fourth-order valence-electron chi connectivity index (χ4n) is 9.78. The van der Waals surface area contributed by atoms with Crippen molar-refractivity contribution in [3.05, 3.63) is 229 Å². The molecule has 1 aliphatic heterocycles. The largest absolute Gasteiger partial charge is 0.344 e. The van der Waals surface area contributed by atoms with Crippen LogP contribution in [0.15, 0.2) is 222 Å². The number of fused-ring (bicyclic) bond motifs is 9. The van der Waals surface area contributed by atoms with Gasteiger partial charge in [-0.1, -0.05) is 158 Å². The van der Waals surface area contributed by atoms with Crippen molar-refractivity contribution in [3.8, 4) is 22.5 Å². The van der Waals surface area contributed by atoms with Gasteiger partial charge in [0.2, 0.25) is 0 Å². The Bertz CT molecular complexity index is 3830. The topological polar surface area (TPSA) is 46.6 Å². The van der Waals surface area contributed by atoms with Gasteiger partial charge in [-0.15, -0.1) is 11.3 Å². The van der Waals surface area contributed by atoms with Crippen molar-refractivity contribution < 1.29 is 0 Å². The number of aromatic nitrogens is 2. The van der Waals surface area contributed by atoms with Gasteiger partial charge in [-0.3, -0.25) is 0 Å². The SMILES string of the molecule is c1ccc(C2=NC(c3ccccc3-n3c4ccccc4c4ccc(-n5c6ccccc6c6ccc(-c7ccccc7)cc65)cc43)=NC(c3cccc4sc5ccccc5c34)N2)cc1. The number of para-hydroxylation sites is 3. The standard InChI is InChI=1S/C57H37N5S/c1-3-16-36(17-4-1)38-30-32-42-40-20-7-11-25-47(40)61(50(42)34-38)39-31-33-43-41-21-8-12-26-48(41)62(51(43)35-39)49-27-13-9-22-44(49)56-58-55(37-18-5-2-6-19-37)59-57(60-56)46-24-15-29-53-54(46)45-23-10-14-28-52(45)63-53/h1-35,57H,(H,58,59,60). The third-order valence-corrected chi connectivity index (χ3v) is 13.7. The minimum absolute atomic E-state index is 0.372. The molecule has 9 aromatic carbocycles. The van der Waals surface area contributed by atoms with E-state index in [9.17, 15) is 0 Å². The Hall–Kier alpha value is -8.06. The third kappa shape index (κ3) is 5.69. The Morgan fingerprint density at radius 2 is 1.03 bits per heavy atom. The van der Waals surface area contributed by atoms with E-state index in [2.05, 4.69) is 221 Å². The van der Waals surface area contributed by atoms with E-state index in [4.69, 9.17) is 9.98 Å². The van der Waals surface area contributed by atoms with Gasteiger partial charge < -0.3 is 14.5 Å². The summed E-state index contributed by atoms with van der Waals surface area (Å²) in [5.74, 6) is 1.48. The molecule has 13 rings (SSSR count). The summed E-state index contributed by atoms with van der Waals surface area (Å²) in [6.45, 7) is 0. The number of aliphatic imine (C=N–C) groups is 2. The second-order valence-corrected chi connectivity index (χ2v) is 17.3. The van der Waals surface area contributed by atoms with Gasteiger partial charge in [-0.25, -0.2) is 9.98 Å². The number of nitrogens with one attached hydrogen (secondary N) is 1. The predicted octanol–water partition coefficient (Wildman–Crippen LogP) is 14.4. The maximum Gasteiger partial charge on any atom is 0.161 e. The Labute approximate surface area is 367 Å². The summed E-state index contributed by atoms with van der Waals surface area (Å²) < 4.78 is 7.36. The Kier molecular flexibility index (Phi) is 8.08. The van der Waals surface area contributed by atoms with Crippen LogP contribution in [0.3, 0.4) is 0 Å². The molecule has 0 bridgehead atoms. The van der Waals surface area contributed by atoms with E-state index in [1.807, 2.05) is 17.4 Å². The van der Waals surface area contributed by atoms with Crippen LogP contribution in [-0.4, -0.2) is 20.8 Å². The summed E-state index contributed by atoms with van der Waals surface area (Å²) in [5, 5.41) is 11.1. The number of hydrogen-bond donors (Lipinski definition) is 1. The molecule has 1 atom stereocenters. The van der Waals surface area contributed by atoms with Crippen molar-refractivity contribution in [1.82, 2.24) is 14.5 Å². The molecule has 12 aromatic rings. The molecule has 0 amide bonds. The van der Waals surface area contributed by atoms with Gasteiger partial charge in [0.15, 0.2) is 5.84 Å². The zero-order valence-electron chi connectivity index (χ0n) is 34.0. The average Bonchev–Trinajstić information content (AvgIpc) is 4.01. The number of benzene rings is 9. The molecule has 1 aliphatic rings. The molecule has 4 heterocycles.